The molecular weight excluding hydrogens is 296 g/mol. The highest BCUT2D eigenvalue weighted by Gasteiger charge is 2.16. The van der Waals surface area contributed by atoms with Crippen molar-refractivity contribution in [2.24, 2.45) is 5.10 Å². The molecule has 1 N–H and O–H groups in total. The Morgan fingerprint density at radius 1 is 0.955 bits per heavy atom. The molecule has 116 valence electrons. The van der Waals surface area contributed by atoms with E-state index in [1.165, 1.54) is 0 Å². The number of hydrogen-bond acceptors (Lipinski definition) is 3. The van der Waals surface area contributed by atoms with E-state index < -0.39 is 10.0 Å². The number of sulfonamides is 1. The summed E-state index contributed by atoms with van der Waals surface area (Å²) in [4.78, 5) is 2.57. The molecule has 0 aliphatic carbocycles. The van der Waals surface area contributed by atoms with Crippen molar-refractivity contribution in [2.45, 2.75) is 32.6 Å². The minimum absolute atomic E-state index is 0.257. The van der Waals surface area contributed by atoms with Crippen molar-refractivity contribution in [3.05, 3.63) is 64.7 Å². The summed E-state index contributed by atoms with van der Waals surface area (Å²) in [5, 5.41) is 4.02. The molecule has 0 spiro atoms. The Kier molecular flexibility index (Phi) is 4.66. The Hall–Kier alpha value is -2.14. The van der Waals surface area contributed by atoms with E-state index >= 15 is 0 Å². The molecule has 0 aliphatic rings. The Morgan fingerprint density at radius 3 is 2.18 bits per heavy atom. The van der Waals surface area contributed by atoms with Gasteiger partial charge in [0.1, 0.15) is 0 Å². The van der Waals surface area contributed by atoms with Crippen LogP contribution < -0.4 is 4.83 Å². The summed E-state index contributed by atoms with van der Waals surface area (Å²) in [5.74, 6) is 0. The maximum Gasteiger partial charge on any atom is 0.276 e. The first-order valence-corrected chi connectivity index (χ1v) is 8.48. The van der Waals surface area contributed by atoms with Crippen molar-refractivity contribution in [1.82, 2.24) is 4.83 Å². The number of rotatable bonds is 4. The van der Waals surface area contributed by atoms with E-state index in [4.69, 9.17) is 0 Å². The zero-order valence-electron chi connectivity index (χ0n) is 13.2. The van der Waals surface area contributed by atoms with Crippen molar-refractivity contribution in [3.63, 3.8) is 0 Å². The molecule has 0 unspecified atom stereocenters. The minimum atomic E-state index is -3.66. The van der Waals surface area contributed by atoms with Gasteiger partial charge < -0.3 is 0 Å². The zero-order chi connectivity index (χ0) is 16.3. The number of benzene rings is 2. The Labute approximate surface area is 131 Å². The van der Waals surface area contributed by atoms with Gasteiger partial charge in [0.15, 0.2) is 0 Å². The molecule has 0 radical (unpaired) electrons. The van der Waals surface area contributed by atoms with Crippen LogP contribution in [0, 0.1) is 20.8 Å². The van der Waals surface area contributed by atoms with Crippen LogP contribution >= 0.6 is 0 Å². The second kappa shape index (κ2) is 6.32. The summed E-state index contributed by atoms with van der Waals surface area (Å²) >= 11 is 0. The van der Waals surface area contributed by atoms with Gasteiger partial charge in [0.2, 0.25) is 0 Å². The van der Waals surface area contributed by atoms with Crippen LogP contribution in [0.15, 0.2) is 52.5 Å². The molecule has 0 atom stereocenters. The highest BCUT2D eigenvalue weighted by Crippen LogP contribution is 2.16. The molecule has 0 saturated heterocycles. The summed E-state index contributed by atoms with van der Waals surface area (Å²) in [6.45, 7) is 7.40. The Bertz CT molecular complexity index is 807. The van der Waals surface area contributed by atoms with E-state index in [2.05, 4.69) is 9.93 Å². The fraction of sp³-hybridized carbons (Fsp3) is 0.235. The standard InChI is InChI=1S/C17H20N2O2S/c1-12-6-9-16(10-7-12)15(4)18-19-22(20,21)17-11-13(2)5-8-14(17)3/h5-11,19H,1-4H3/b18-15+. The van der Waals surface area contributed by atoms with Gasteiger partial charge in [-0.3, -0.25) is 0 Å². The maximum absolute atomic E-state index is 12.4. The summed E-state index contributed by atoms with van der Waals surface area (Å²) < 4.78 is 24.8. The summed E-state index contributed by atoms with van der Waals surface area (Å²) in [6, 6.07) is 13.1. The van der Waals surface area contributed by atoms with Gasteiger partial charge >= 0.3 is 0 Å². The van der Waals surface area contributed by atoms with Gasteiger partial charge in [-0.2, -0.15) is 18.4 Å². The first-order chi connectivity index (χ1) is 10.3. The van der Waals surface area contributed by atoms with Crippen LogP contribution in [0.25, 0.3) is 0 Å². The quantitative estimate of drug-likeness (QED) is 0.695. The lowest BCUT2D eigenvalue weighted by Gasteiger charge is -2.09. The second-order valence-corrected chi connectivity index (χ2v) is 7.06. The molecule has 4 nitrogen and oxygen atoms in total. The molecule has 22 heavy (non-hydrogen) atoms. The van der Waals surface area contributed by atoms with E-state index in [0.29, 0.717) is 11.3 Å². The molecule has 0 bridgehead atoms. The summed E-state index contributed by atoms with van der Waals surface area (Å²) in [7, 11) is -3.66. The van der Waals surface area contributed by atoms with Gasteiger partial charge in [-0.05, 0) is 50.5 Å². The van der Waals surface area contributed by atoms with Gasteiger partial charge in [-0.15, -0.1) is 0 Å². The SMILES string of the molecule is C/C(=N\NS(=O)(=O)c1cc(C)ccc1C)c1ccc(C)cc1. The second-order valence-electron chi connectivity index (χ2n) is 5.43. The molecule has 0 heterocycles. The maximum atomic E-state index is 12.4. The van der Waals surface area contributed by atoms with Crippen LogP contribution in [-0.2, 0) is 10.0 Å². The van der Waals surface area contributed by atoms with Crippen LogP contribution in [0.2, 0.25) is 0 Å². The topological polar surface area (TPSA) is 58.5 Å². The molecule has 0 aliphatic heterocycles. The zero-order valence-corrected chi connectivity index (χ0v) is 14.0. The first-order valence-electron chi connectivity index (χ1n) is 7.00. The molecule has 0 amide bonds. The monoisotopic (exact) mass is 316 g/mol. The molecule has 5 heteroatoms. The van der Waals surface area contributed by atoms with E-state index in [0.717, 1.165) is 16.7 Å². The van der Waals surface area contributed by atoms with Gasteiger partial charge in [-0.25, -0.2) is 0 Å². The van der Waals surface area contributed by atoms with Crippen LogP contribution in [0.5, 0.6) is 0 Å². The molecule has 2 aromatic carbocycles. The van der Waals surface area contributed by atoms with Gasteiger partial charge in [0.25, 0.3) is 10.0 Å². The third-order valence-corrected chi connectivity index (χ3v) is 4.79. The van der Waals surface area contributed by atoms with E-state index in [-0.39, 0.29) is 4.90 Å². The average molecular weight is 316 g/mol. The lowest BCUT2D eigenvalue weighted by molar-refractivity contribution is 0.583. The third-order valence-electron chi connectivity index (χ3n) is 3.44. The van der Waals surface area contributed by atoms with Gasteiger partial charge in [0, 0.05) is 0 Å². The van der Waals surface area contributed by atoms with E-state index in [1.807, 2.05) is 44.2 Å². The number of hydrazone groups is 1. The predicted molar refractivity (Wildman–Crippen MR) is 89.6 cm³/mol. The lowest BCUT2D eigenvalue weighted by Crippen LogP contribution is -2.21. The molecular formula is C17H20N2O2S. The highest BCUT2D eigenvalue weighted by atomic mass is 32.2. The fourth-order valence-electron chi connectivity index (χ4n) is 2.03. The number of nitrogens with one attached hydrogen (secondary N) is 1. The van der Waals surface area contributed by atoms with Crippen molar-refractivity contribution >= 4 is 15.7 Å². The summed E-state index contributed by atoms with van der Waals surface area (Å²) in [5.41, 5.74) is 4.24. The van der Waals surface area contributed by atoms with Crippen molar-refractivity contribution in [2.75, 3.05) is 0 Å². The van der Waals surface area contributed by atoms with Crippen LogP contribution in [0.4, 0.5) is 0 Å². The van der Waals surface area contributed by atoms with Crippen LogP contribution in [-0.4, -0.2) is 14.1 Å². The fourth-order valence-corrected chi connectivity index (χ4v) is 3.22. The van der Waals surface area contributed by atoms with Gasteiger partial charge in [-0.1, -0.05) is 42.0 Å². The van der Waals surface area contributed by atoms with Crippen LogP contribution in [0.1, 0.15) is 29.2 Å². The lowest BCUT2D eigenvalue weighted by atomic mass is 10.1. The third kappa shape index (κ3) is 3.74. The molecule has 0 saturated carbocycles. The minimum Gasteiger partial charge on any atom is -0.200 e. The average Bonchev–Trinajstić information content (AvgIpc) is 2.48. The normalized spacial score (nSPS) is 12.3. The molecule has 2 aromatic rings. The molecule has 0 aromatic heterocycles. The number of hydrogen-bond donors (Lipinski definition) is 1. The van der Waals surface area contributed by atoms with Crippen molar-refractivity contribution < 1.29 is 8.42 Å². The Morgan fingerprint density at radius 2 is 1.55 bits per heavy atom. The number of aryl methyl sites for hydroxylation is 3. The smallest absolute Gasteiger partial charge is 0.200 e. The molecule has 2 rings (SSSR count). The molecule has 0 fully saturated rings. The van der Waals surface area contributed by atoms with Gasteiger partial charge in [0.05, 0.1) is 10.6 Å². The first kappa shape index (κ1) is 16.2. The summed E-state index contributed by atoms with van der Waals surface area (Å²) in [6.07, 6.45) is 0. The predicted octanol–water partition coefficient (Wildman–Crippen LogP) is 3.31. The Balaban J connectivity index is 2.27. The van der Waals surface area contributed by atoms with E-state index in [1.54, 1.807) is 26.0 Å². The van der Waals surface area contributed by atoms with Crippen LogP contribution in [0.3, 0.4) is 0 Å². The van der Waals surface area contributed by atoms with Crippen molar-refractivity contribution in [1.29, 1.82) is 0 Å². The van der Waals surface area contributed by atoms with Crippen molar-refractivity contribution in [3.8, 4) is 0 Å². The highest BCUT2D eigenvalue weighted by molar-refractivity contribution is 7.89. The largest absolute Gasteiger partial charge is 0.276 e. The van der Waals surface area contributed by atoms with E-state index in [9.17, 15) is 8.42 Å². The number of nitrogens with zero attached hydrogens (tertiary/aromatic N) is 1.